The number of anilines is 3. The summed E-state index contributed by atoms with van der Waals surface area (Å²) >= 11 is 1.59. The molecule has 0 aliphatic carbocycles. The highest BCUT2D eigenvalue weighted by atomic mass is 32.1. The zero-order chi connectivity index (χ0) is 21.1. The lowest BCUT2D eigenvalue weighted by molar-refractivity contribution is 0.101. The molecule has 0 bridgehead atoms. The van der Waals surface area contributed by atoms with Crippen molar-refractivity contribution >= 4 is 33.9 Å². The predicted octanol–water partition coefficient (Wildman–Crippen LogP) is 5.28. The van der Waals surface area contributed by atoms with E-state index < -0.39 is 0 Å². The molecule has 6 nitrogen and oxygen atoms in total. The van der Waals surface area contributed by atoms with Crippen molar-refractivity contribution in [2.75, 3.05) is 24.3 Å². The summed E-state index contributed by atoms with van der Waals surface area (Å²) in [6.07, 6.45) is 1.73. The first-order valence-corrected chi connectivity index (χ1v) is 10.3. The molecule has 30 heavy (non-hydrogen) atoms. The lowest BCUT2D eigenvalue weighted by atomic mass is 10.1. The molecule has 1 N–H and O–H groups in total. The van der Waals surface area contributed by atoms with Gasteiger partial charge in [0.1, 0.15) is 0 Å². The Labute approximate surface area is 179 Å². The number of hydrogen-bond acceptors (Lipinski definition) is 7. The second-order valence-corrected chi connectivity index (χ2v) is 7.94. The van der Waals surface area contributed by atoms with Crippen LogP contribution in [0.1, 0.15) is 17.3 Å². The number of nitrogens with one attached hydrogen (secondary N) is 1. The third kappa shape index (κ3) is 4.21. The molecule has 0 radical (unpaired) electrons. The number of carbonyl (C=O) groups is 1. The fourth-order valence-electron chi connectivity index (χ4n) is 2.96. The molecule has 0 aliphatic heterocycles. The maximum Gasteiger partial charge on any atom is 0.227 e. The summed E-state index contributed by atoms with van der Waals surface area (Å²) in [4.78, 5) is 28.5. The molecule has 0 aliphatic rings. The van der Waals surface area contributed by atoms with Gasteiger partial charge in [0.25, 0.3) is 0 Å². The molecule has 0 spiro atoms. The summed E-state index contributed by atoms with van der Waals surface area (Å²) in [7, 11) is 3.96. The lowest BCUT2D eigenvalue weighted by Gasteiger charge is -2.08. The van der Waals surface area contributed by atoms with E-state index in [1.165, 1.54) is 0 Å². The van der Waals surface area contributed by atoms with Gasteiger partial charge in [-0.3, -0.25) is 4.79 Å². The van der Waals surface area contributed by atoms with E-state index >= 15 is 0 Å². The predicted molar refractivity (Wildman–Crippen MR) is 123 cm³/mol. The van der Waals surface area contributed by atoms with Crippen LogP contribution in [0.2, 0.25) is 0 Å². The molecule has 4 rings (SSSR count). The van der Waals surface area contributed by atoms with Crippen LogP contribution in [0.5, 0.6) is 0 Å². The number of benzene rings is 2. The van der Waals surface area contributed by atoms with Crippen LogP contribution >= 0.6 is 11.3 Å². The molecule has 150 valence electrons. The zero-order valence-corrected chi connectivity index (χ0v) is 17.8. The molecule has 2 aromatic carbocycles. The Morgan fingerprint density at radius 1 is 1.00 bits per heavy atom. The molecule has 0 saturated heterocycles. The average molecular weight is 416 g/mol. The van der Waals surface area contributed by atoms with E-state index in [4.69, 9.17) is 9.97 Å². The fraction of sp³-hybridized carbons (Fsp3) is 0.130. The minimum Gasteiger partial charge on any atom is -0.354 e. The summed E-state index contributed by atoms with van der Waals surface area (Å²) in [5.41, 5.74) is 4.13. The van der Waals surface area contributed by atoms with E-state index in [1.54, 1.807) is 36.6 Å². The Bertz CT molecular complexity index is 1190. The van der Waals surface area contributed by atoms with Crippen LogP contribution in [-0.2, 0) is 0 Å². The van der Waals surface area contributed by atoms with Crippen molar-refractivity contribution in [3.8, 4) is 21.8 Å². The maximum absolute atomic E-state index is 11.7. The summed E-state index contributed by atoms with van der Waals surface area (Å²) in [6, 6.07) is 19.3. The van der Waals surface area contributed by atoms with Gasteiger partial charge in [-0.05, 0) is 25.1 Å². The Morgan fingerprint density at radius 2 is 1.80 bits per heavy atom. The minimum atomic E-state index is 0.0155. The molecule has 0 unspecified atom stereocenters. The van der Waals surface area contributed by atoms with Gasteiger partial charge in [0.15, 0.2) is 10.9 Å². The number of Topliss-reactive ketones (excluding diaryl/α,β-unsaturated/α-hetero) is 1. The third-order valence-corrected chi connectivity index (χ3v) is 5.70. The van der Waals surface area contributed by atoms with E-state index in [-0.39, 0.29) is 5.78 Å². The van der Waals surface area contributed by atoms with Gasteiger partial charge >= 0.3 is 0 Å². The lowest BCUT2D eigenvalue weighted by Crippen LogP contribution is -2.07. The van der Waals surface area contributed by atoms with E-state index in [1.807, 2.05) is 67.5 Å². The van der Waals surface area contributed by atoms with Crippen LogP contribution in [-0.4, -0.2) is 34.8 Å². The third-order valence-electron chi connectivity index (χ3n) is 4.46. The number of thiazole rings is 1. The van der Waals surface area contributed by atoms with E-state index in [0.717, 1.165) is 32.6 Å². The normalized spacial score (nSPS) is 10.6. The van der Waals surface area contributed by atoms with Gasteiger partial charge in [-0.2, -0.15) is 0 Å². The molecular formula is C23H21N5OS. The summed E-state index contributed by atoms with van der Waals surface area (Å²) < 4.78 is 0. The van der Waals surface area contributed by atoms with E-state index in [0.29, 0.717) is 11.5 Å². The number of ketones is 1. The van der Waals surface area contributed by atoms with Crippen LogP contribution in [0.15, 0.2) is 66.9 Å². The van der Waals surface area contributed by atoms with Gasteiger partial charge in [-0.1, -0.05) is 53.8 Å². The van der Waals surface area contributed by atoms with Gasteiger partial charge < -0.3 is 10.2 Å². The Balaban J connectivity index is 1.72. The molecule has 4 aromatic rings. The van der Waals surface area contributed by atoms with Crippen molar-refractivity contribution < 1.29 is 4.79 Å². The van der Waals surface area contributed by atoms with Gasteiger partial charge in [0.2, 0.25) is 5.95 Å². The summed E-state index contributed by atoms with van der Waals surface area (Å²) in [5.74, 6) is 0.480. The Kier molecular flexibility index (Phi) is 5.54. The number of carbonyl (C=O) groups excluding carboxylic acids is 1. The average Bonchev–Trinajstić information content (AvgIpc) is 3.21. The molecule has 0 atom stereocenters. The monoisotopic (exact) mass is 415 g/mol. The highest BCUT2D eigenvalue weighted by molar-refractivity contribution is 7.19. The molecule has 7 heteroatoms. The molecule has 0 saturated carbocycles. The molecule has 0 amide bonds. The second kappa shape index (κ2) is 8.42. The van der Waals surface area contributed by atoms with Crippen LogP contribution in [0.4, 0.5) is 16.8 Å². The zero-order valence-electron chi connectivity index (χ0n) is 17.0. The van der Waals surface area contributed by atoms with Crippen molar-refractivity contribution in [1.82, 2.24) is 15.0 Å². The highest BCUT2D eigenvalue weighted by Crippen LogP contribution is 2.39. The quantitative estimate of drug-likeness (QED) is 0.432. The number of aromatic nitrogens is 3. The van der Waals surface area contributed by atoms with Crippen molar-refractivity contribution in [1.29, 1.82) is 0 Å². The Morgan fingerprint density at radius 3 is 2.53 bits per heavy atom. The Hall–Kier alpha value is -3.58. The fourth-order valence-corrected chi connectivity index (χ4v) is 3.94. The largest absolute Gasteiger partial charge is 0.354 e. The van der Waals surface area contributed by atoms with Gasteiger partial charge in [-0.25, -0.2) is 15.0 Å². The summed E-state index contributed by atoms with van der Waals surface area (Å²) in [5, 5.41) is 4.11. The first kappa shape index (κ1) is 19.7. The van der Waals surface area contributed by atoms with Crippen molar-refractivity contribution in [3.05, 3.63) is 72.4 Å². The van der Waals surface area contributed by atoms with Gasteiger partial charge in [-0.15, -0.1) is 0 Å². The summed E-state index contributed by atoms with van der Waals surface area (Å²) in [6.45, 7) is 1.55. The topological polar surface area (TPSA) is 71.0 Å². The maximum atomic E-state index is 11.7. The molecule has 0 fully saturated rings. The first-order chi connectivity index (χ1) is 14.5. The van der Waals surface area contributed by atoms with E-state index in [9.17, 15) is 4.79 Å². The number of hydrogen-bond donors (Lipinski definition) is 1. The van der Waals surface area contributed by atoms with Gasteiger partial charge in [0.05, 0.1) is 16.3 Å². The van der Waals surface area contributed by atoms with Crippen LogP contribution in [0.3, 0.4) is 0 Å². The first-order valence-electron chi connectivity index (χ1n) is 9.46. The standard InChI is InChI=1S/C23H21N5OS/c1-15(29)17-10-7-11-18(14-17)25-22-24-13-12-19(26-22)21-20(16-8-5-4-6-9-16)27-23(30-21)28(2)3/h4-14H,1-3H3,(H,24,25,26). The molecule has 2 aromatic heterocycles. The van der Waals surface area contributed by atoms with Gasteiger partial charge in [0, 0.05) is 37.1 Å². The van der Waals surface area contributed by atoms with Crippen LogP contribution < -0.4 is 10.2 Å². The van der Waals surface area contributed by atoms with Crippen LogP contribution in [0, 0.1) is 0 Å². The minimum absolute atomic E-state index is 0.0155. The number of rotatable bonds is 6. The molecular weight excluding hydrogens is 394 g/mol. The molecule has 2 heterocycles. The van der Waals surface area contributed by atoms with Crippen molar-refractivity contribution in [2.24, 2.45) is 0 Å². The van der Waals surface area contributed by atoms with Crippen molar-refractivity contribution in [3.63, 3.8) is 0 Å². The second-order valence-electron chi connectivity index (χ2n) is 6.96. The SMILES string of the molecule is CC(=O)c1cccc(Nc2nccc(-c3sc(N(C)C)nc3-c3ccccc3)n2)c1. The highest BCUT2D eigenvalue weighted by Gasteiger charge is 2.17. The van der Waals surface area contributed by atoms with Crippen molar-refractivity contribution in [2.45, 2.75) is 6.92 Å². The smallest absolute Gasteiger partial charge is 0.227 e. The van der Waals surface area contributed by atoms with Crippen LogP contribution in [0.25, 0.3) is 21.8 Å². The number of nitrogens with zero attached hydrogens (tertiary/aromatic N) is 4. The van der Waals surface area contributed by atoms with E-state index in [2.05, 4.69) is 10.3 Å².